The zero-order chi connectivity index (χ0) is 16.8. The fourth-order valence-electron chi connectivity index (χ4n) is 1.89. The second kappa shape index (κ2) is 7.04. The number of para-hydroxylation sites is 1. The van der Waals surface area contributed by atoms with E-state index in [0.717, 1.165) is 5.56 Å². The summed E-state index contributed by atoms with van der Waals surface area (Å²) in [7, 11) is 0. The lowest BCUT2D eigenvalue weighted by Gasteiger charge is -2.10. The van der Waals surface area contributed by atoms with E-state index in [0.29, 0.717) is 5.75 Å². The number of hydrogen-bond acceptors (Lipinski definition) is 5. The number of anilines is 1. The molecule has 116 valence electrons. The number of rotatable bonds is 5. The number of nitro benzene ring substituents is 1. The number of nitrogens with one attached hydrogen (secondary N) is 1. The number of nitro groups is 1. The fourth-order valence-corrected chi connectivity index (χ4v) is 1.89. The normalized spacial score (nSPS) is 9.74. The van der Waals surface area contributed by atoms with Crippen LogP contribution >= 0.6 is 0 Å². The molecule has 2 aromatic rings. The lowest BCUT2D eigenvalue weighted by Crippen LogP contribution is -2.10. The third kappa shape index (κ3) is 4.28. The van der Waals surface area contributed by atoms with Crippen molar-refractivity contribution in [2.24, 2.45) is 0 Å². The quantitative estimate of drug-likeness (QED) is 0.671. The highest BCUT2D eigenvalue weighted by Crippen LogP contribution is 2.31. The molecule has 0 aliphatic carbocycles. The molecule has 1 amide bonds. The molecule has 0 aromatic heterocycles. The first-order chi connectivity index (χ1) is 11.0. The molecule has 0 saturated carbocycles. The number of nitrogens with zero attached hydrogens (tertiary/aromatic N) is 2. The molecule has 0 unspecified atom stereocenters. The Balaban J connectivity index is 2.33. The number of aryl methyl sites for hydroxylation is 1. The van der Waals surface area contributed by atoms with Gasteiger partial charge >= 0.3 is 0 Å². The molecule has 0 aliphatic rings. The van der Waals surface area contributed by atoms with E-state index in [2.05, 4.69) is 5.32 Å². The summed E-state index contributed by atoms with van der Waals surface area (Å²) in [6.45, 7) is 1.85. The van der Waals surface area contributed by atoms with Crippen LogP contribution in [0, 0.1) is 28.4 Å². The van der Waals surface area contributed by atoms with E-state index in [1.54, 1.807) is 18.2 Å². The molecular formula is C16H13N3O4. The molecule has 0 aliphatic heterocycles. The Kier molecular flexibility index (Phi) is 4.89. The first-order valence-electron chi connectivity index (χ1n) is 6.69. The number of hydrogen-bond donors (Lipinski definition) is 1. The summed E-state index contributed by atoms with van der Waals surface area (Å²) >= 11 is 0. The van der Waals surface area contributed by atoms with Crippen LogP contribution in [0.25, 0.3) is 0 Å². The molecule has 0 bridgehead atoms. The summed E-state index contributed by atoms with van der Waals surface area (Å²) in [4.78, 5) is 21.9. The van der Waals surface area contributed by atoms with E-state index in [9.17, 15) is 14.9 Å². The topological polar surface area (TPSA) is 105 Å². The SMILES string of the molecule is Cc1ccccc1Oc1cc(NC(=O)CC#N)cc([N+](=O)[O-])c1. The number of carbonyl (C=O) groups excluding carboxylic acids is 1. The van der Waals surface area contributed by atoms with Crippen molar-refractivity contribution in [3.05, 3.63) is 58.1 Å². The highest BCUT2D eigenvalue weighted by Gasteiger charge is 2.13. The summed E-state index contributed by atoms with van der Waals surface area (Å²) in [5.74, 6) is 0.234. The second-order valence-electron chi connectivity index (χ2n) is 4.72. The Bertz CT molecular complexity index is 796. The Morgan fingerprint density at radius 1 is 1.35 bits per heavy atom. The van der Waals surface area contributed by atoms with Crippen molar-refractivity contribution in [2.45, 2.75) is 13.3 Å². The molecular weight excluding hydrogens is 298 g/mol. The van der Waals surface area contributed by atoms with Crippen molar-refractivity contribution in [3.8, 4) is 17.6 Å². The maximum absolute atomic E-state index is 11.5. The van der Waals surface area contributed by atoms with Gasteiger partial charge in [0.2, 0.25) is 5.91 Å². The standard InChI is InChI=1S/C16H13N3O4/c1-11-4-2-3-5-15(11)23-14-9-12(18-16(20)6-7-17)8-13(10-14)19(21)22/h2-5,8-10H,6H2,1H3,(H,18,20). The van der Waals surface area contributed by atoms with Gasteiger partial charge < -0.3 is 10.1 Å². The van der Waals surface area contributed by atoms with Crippen LogP contribution in [0.5, 0.6) is 11.5 Å². The van der Waals surface area contributed by atoms with Gasteiger partial charge in [0.25, 0.3) is 5.69 Å². The van der Waals surface area contributed by atoms with E-state index < -0.39 is 10.8 Å². The molecule has 0 heterocycles. The van der Waals surface area contributed by atoms with Crippen molar-refractivity contribution in [2.75, 3.05) is 5.32 Å². The monoisotopic (exact) mass is 311 g/mol. The zero-order valence-corrected chi connectivity index (χ0v) is 12.3. The second-order valence-corrected chi connectivity index (χ2v) is 4.72. The summed E-state index contributed by atoms with van der Waals surface area (Å²) in [6, 6.07) is 12.9. The van der Waals surface area contributed by atoms with Crippen LogP contribution in [-0.2, 0) is 4.79 Å². The Hall–Kier alpha value is -3.40. The molecule has 2 rings (SSSR count). The van der Waals surface area contributed by atoms with E-state index in [1.807, 2.05) is 19.1 Å². The smallest absolute Gasteiger partial charge is 0.275 e. The molecule has 0 radical (unpaired) electrons. The van der Waals surface area contributed by atoms with Crippen LogP contribution in [0.4, 0.5) is 11.4 Å². The molecule has 7 heteroatoms. The molecule has 0 saturated heterocycles. The molecule has 23 heavy (non-hydrogen) atoms. The van der Waals surface area contributed by atoms with Gasteiger partial charge in [-0.1, -0.05) is 18.2 Å². The predicted octanol–water partition coefficient (Wildman–Crippen LogP) is 3.55. The minimum atomic E-state index is -0.579. The van der Waals surface area contributed by atoms with Gasteiger partial charge in [-0.15, -0.1) is 0 Å². The third-order valence-electron chi connectivity index (χ3n) is 2.95. The number of non-ortho nitro benzene ring substituents is 1. The molecule has 7 nitrogen and oxygen atoms in total. The van der Waals surface area contributed by atoms with Gasteiger partial charge in [-0.2, -0.15) is 5.26 Å². The van der Waals surface area contributed by atoms with Gasteiger partial charge in [0.1, 0.15) is 17.9 Å². The van der Waals surface area contributed by atoms with Gasteiger partial charge in [0.15, 0.2) is 0 Å². The van der Waals surface area contributed by atoms with Crippen molar-refractivity contribution in [3.63, 3.8) is 0 Å². The average Bonchev–Trinajstić information content (AvgIpc) is 2.49. The number of nitriles is 1. The van der Waals surface area contributed by atoms with Crippen molar-refractivity contribution in [1.82, 2.24) is 0 Å². The van der Waals surface area contributed by atoms with Crippen LogP contribution < -0.4 is 10.1 Å². The number of benzene rings is 2. The summed E-state index contributed by atoms with van der Waals surface area (Å²) < 4.78 is 5.66. The molecule has 2 aromatic carbocycles. The molecule has 0 fully saturated rings. The average molecular weight is 311 g/mol. The van der Waals surface area contributed by atoms with E-state index in [1.165, 1.54) is 18.2 Å². The lowest BCUT2D eigenvalue weighted by atomic mass is 10.2. The Morgan fingerprint density at radius 3 is 2.74 bits per heavy atom. The van der Waals surface area contributed by atoms with Gasteiger partial charge in [0, 0.05) is 12.1 Å². The van der Waals surface area contributed by atoms with Crippen molar-refractivity contribution < 1.29 is 14.5 Å². The number of amides is 1. The van der Waals surface area contributed by atoms with Crippen molar-refractivity contribution in [1.29, 1.82) is 5.26 Å². The maximum Gasteiger partial charge on any atom is 0.275 e. The summed E-state index contributed by atoms with van der Waals surface area (Å²) in [5, 5.41) is 21.9. The van der Waals surface area contributed by atoms with Crippen LogP contribution in [-0.4, -0.2) is 10.8 Å². The zero-order valence-electron chi connectivity index (χ0n) is 12.3. The van der Waals surface area contributed by atoms with Crippen LogP contribution in [0.1, 0.15) is 12.0 Å². The van der Waals surface area contributed by atoms with Gasteiger partial charge in [-0.3, -0.25) is 14.9 Å². The van der Waals surface area contributed by atoms with Crippen LogP contribution in [0.2, 0.25) is 0 Å². The van der Waals surface area contributed by atoms with Gasteiger partial charge in [0.05, 0.1) is 22.7 Å². The van der Waals surface area contributed by atoms with E-state index in [4.69, 9.17) is 10.00 Å². The van der Waals surface area contributed by atoms with Crippen molar-refractivity contribution >= 4 is 17.3 Å². The van der Waals surface area contributed by atoms with Gasteiger partial charge in [-0.25, -0.2) is 0 Å². The van der Waals surface area contributed by atoms with E-state index >= 15 is 0 Å². The Morgan fingerprint density at radius 2 is 2.09 bits per heavy atom. The molecule has 0 spiro atoms. The summed E-state index contributed by atoms with van der Waals surface area (Å²) in [6.07, 6.45) is -0.337. The first-order valence-corrected chi connectivity index (χ1v) is 6.69. The highest BCUT2D eigenvalue weighted by atomic mass is 16.6. The number of ether oxygens (including phenoxy) is 1. The lowest BCUT2D eigenvalue weighted by molar-refractivity contribution is -0.384. The minimum absolute atomic E-state index is 0.197. The van der Waals surface area contributed by atoms with Crippen LogP contribution in [0.3, 0.4) is 0 Å². The third-order valence-corrected chi connectivity index (χ3v) is 2.95. The van der Waals surface area contributed by atoms with Crippen LogP contribution in [0.15, 0.2) is 42.5 Å². The predicted molar refractivity (Wildman–Crippen MR) is 83.2 cm³/mol. The summed E-state index contributed by atoms with van der Waals surface area (Å²) in [5.41, 5.74) is 0.848. The molecule has 0 atom stereocenters. The van der Waals surface area contributed by atoms with E-state index in [-0.39, 0.29) is 23.5 Å². The largest absolute Gasteiger partial charge is 0.457 e. The molecule has 1 N–H and O–H groups in total. The maximum atomic E-state index is 11.5. The highest BCUT2D eigenvalue weighted by molar-refractivity contribution is 5.92. The van der Waals surface area contributed by atoms with Gasteiger partial charge in [-0.05, 0) is 18.6 Å². The fraction of sp³-hybridized carbons (Fsp3) is 0.125. The Labute approximate surface area is 132 Å². The first kappa shape index (κ1) is 16.0. The minimum Gasteiger partial charge on any atom is -0.457 e. The number of carbonyl (C=O) groups is 1.